The van der Waals surface area contributed by atoms with Crippen LogP contribution in [0.25, 0.3) is 11.4 Å². The second kappa shape index (κ2) is 7.31. The van der Waals surface area contributed by atoms with Crippen LogP contribution in [-0.2, 0) is 13.0 Å². The lowest BCUT2D eigenvalue weighted by molar-refractivity contribution is 0.205. The van der Waals surface area contributed by atoms with Crippen molar-refractivity contribution in [3.8, 4) is 11.4 Å². The van der Waals surface area contributed by atoms with Crippen molar-refractivity contribution in [3.63, 3.8) is 0 Å². The average Bonchev–Trinajstić information content (AvgIpc) is 2.69. The van der Waals surface area contributed by atoms with Gasteiger partial charge in [0.2, 0.25) is 0 Å². The van der Waals surface area contributed by atoms with Gasteiger partial charge in [0.05, 0.1) is 17.8 Å². The zero-order chi connectivity index (χ0) is 19.7. The van der Waals surface area contributed by atoms with Crippen LogP contribution in [0.2, 0.25) is 0 Å². The predicted molar refractivity (Wildman–Crippen MR) is 109 cm³/mol. The Morgan fingerprint density at radius 1 is 1.11 bits per heavy atom. The number of carbonyl (C=O) groups excluding carboxylic acids is 1. The lowest BCUT2D eigenvalue weighted by Crippen LogP contribution is -2.41. The van der Waals surface area contributed by atoms with Crippen molar-refractivity contribution in [1.29, 1.82) is 0 Å². The topological polar surface area (TPSA) is 78.1 Å². The minimum Gasteiger partial charge on any atom is -0.320 e. The molecule has 2 amide bonds. The summed E-state index contributed by atoms with van der Waals surface area (Å²) < 4.78 is 0. The van der Waals surface area contributed by atoms with Gasteiger partial charge in [-0.05, 0) is 32.0 Å². The summed E-state index contributed by atoms with van der Waals surface area (Å²) in [5.41, 5.74) is 5.00. The first-order chi connectivity index (χ1) is 13.5. The fourth-order valence-corrected chi connectivity index (χ4v) is 3.37. The molecule has 1 aromatic heterocycles. The number of nitrogens with zero attached hydrogens (tertiary/aromatic N) is 2. The number of carbonyl (C=O) groups is 1. The van der Waals surface area contributed by atoms with E-state index in [-0.39, 0.29) is 18.1 Å². The minimum absolute atomic E-state index is 0.186. The molecule has 0 radical (unpaired) electrons. The molecule has 0 saturated carbocycles. The van der Waals surface area contributed by atoms with E-state index < -0.39 is 0 Å². The number of hydrogen-bond acceptors (Lipinski definition) is 3. The van der Waals surface area contributed by atoms with Crippen molar-refractivity contribution < 1.29 is 4.79 Å². The average molecular weight is 374 g/mol. The van der Waals surface area contributed by atoms with Gasteiger partial charge in [-0.1, -0.05) is 41.5 Å². The summed E-state index contributed by atoms with van der Waals surface area (Å²) in [7, 11) is 0. The van der Waals surface area contributed by atoms with Crippen LogP contribution in [0.5, 0.6) is 0 Å². The largest absolute Gasteiger partial charge is 0.322 e. The molecule has 6 heteroatoms. The standard InChI is InChI=1S/C22H22N4O2/c1-14-6-8-17(9-7-14)23-22(28)26-11-10-19-18(13-26)21(27)25-20(24-19)16-5-3-4-15(2)12-16/h3-9,12H,10-11,13H2,1-2H3,(H,23,28)(H,24,25,27). The Labute approximate surface area is 163 Å². The van der Waals surface area contributed by atoms with Gasteiger partial charge in [0.25, 0.3) is 5.56 Å². The van der Waals surface area contributed by atoms with Gasteiger partial charge < -0.3 is 15.2 Å². The van der Waals surface area contributed by atoms with Crippen molar-refractivity contribution in [3.05, 3.63) is 81.3 Å². The number of anilines is 1. The van der Waals surface area contributed by atoms with E-state index in [2.05, 4.69) is 15.3 Å². The normalized spacial score (nSPS) is 13.1. The van der Waals surface area contributed by atoms with E-state index in [9.17, 15) is 9.59 Å². The number of aryl methyl sites for hydroxylation is 2. The molecule has 142 valence electrons. The molecule has 0 saturated heterocycles. The number of aromatic amines is 1. The Morgan fingerprint density at radius 2 is 1.89 bits per heavy atom. The maximum absolute atomic E-state index is 12.7. The van der Waals surface area contributed by atoms with Crippen LogP contribution in [-0.4, -0.2) is 27.4 Å². The van der Waals surface area contributed by atoms with Gasteiger partial charge in [-0.25, -0.2) is 9.78 Å². The van der Waals surface area contributed by atoms with Crippen molar-refractivity contribution in [2.24, 2.45) is 0 Å². The Morgan fingerprint density at radius 3 is 2.64 bits per heavy atom. The summed E-state index contributed by atoms with van der Waals surface area (Å²) in [6, 6.07) is 15.3. The van der Waals surface area contributed by atoms with Crippen molar-refractivity contribution in [2.45, 2.75) is 26.8 Å². The number of aromatic nitrogens is 2. The molecule has 1 aliphatic heterocycles. The summed E-state index contributed by atoms with van der Waals surface area (Å²) in [6.07, 6.45) is 0.555. The smallest absolute Gasteiger partial charge is 0.320 e. The summed E-state index contributed by atoms with van der Waals surface area (Å²) in [6.45, 7) is 4.78. The van der Waals surface area contributed by atoms with E-state index in [1.807, 2.05) is 62.4 Å². The predicted octanol–water partition coefficient (Wildman–Crippen LogP) is 3.64. The van der Waals surface area contributed by atoms with Gasteiger partial charge in [-0.15, -0.1) is 0 Å². The molecule has 4 rings (SSSR count). The number of hydrogen-bond donors (Lipinski definition) is 2. The van der Waals surface area contributed by atoms with Crippen LogP contribution >= 0.6 is 0 Å². The molecule has 6 nitrogen and oxygen atoms in total. The van der Waals surface area contributed by atoms with Gasteiger partial charge >= 0.3 is 6.03 Å². The van der Waals surface area contributed by atoms with Crippen LogP contribution < -0.4 is 10.9 Å². The van der Waals surface area contributed by atoms with E-state index >= 15 is 0 Å². The van der Waals surface area contributed by atoms with E-state index in [4.69, 9.17) is 0 Å². The zero-order valence-corrected chi connectivity index (χ0v) is 16.0. The summed E-state index contributed by atoms with van der Waals surface area (Å²) in [5.74, 6) is 0.574. The van der Waals surface area contributed by atoms with Crippen LogP contribution in [0.3, 0.4) is 0 Å². The molecule has 3 aromatic rings. The van der Waals surface area contributed by atoms with Gasteiger partial charge in [-0.2, -0.15) is 0 Å². The first kappa shape index (κ1) is 18.0. The first-order valence-corrected chi connectivity index (χ1v) is 9.31. The lowest BCUT2D eigenvalue weighted by atomic mass is 10.1. The molecule has 2 N–H and O–H groups in total. The third kappa shape index (κ3) is 3.67. The third-order valence-electron chi connectivity index (χ3n) is 4.95. The lowest BCUT2D eigenvalue weighted by Gasteiger charge is -2.28. The van der Waals surface area contributed by atoms with E-state index in [1.54, 1.807) is 4.90 Å². The quantitative estimate of drug-likeness (QED) is 0.719. The highest BCUT2D eigenvalue weighted by Gasteiger charge is 2.24. The Kier molecular flexibility index (Phi) is 4.69. The Hall–Kier alpha value is -3.41. The molecule has 2 aromatic carbocycles. The summed E-state index contributed by atoms with van der Waals surface area (Å²) >= 11 is 0. The molecule has 0 atom stereocenters. The van der Waals surface area contributed by atoms with Crippen molar-refractivity contribution in [1.82, 2.24) is 14.9 Å². The highest BCUT2D eigenvalue weighted by atomic mass is 16.2. The highest BCUT2D eigenvalue weighted by Crippen LogP contribution is 2.20. The minimum atomic E-state index is -0.211. The highest BCUT2D eigenvalue weighted by molar-refractivity contribution is 5.89. The van der Waals surface area contributed by atoms with Gasteiger partial charge in [0, 0.05) is 24.2 Å². The van der Waals surface area contributed by atoms with Crippen LogP contribution in [0.1, 0.15) is 22.4 Å². The van der Waals surface area contributed by atoms with Gasteiger partial charge in [0.1, 0.15) is 5.82 Å². The number of fused-ring (bicyclic) bond motifs is 1. The fraction of sp³-hybridized carbons (Fsp3) is 0.227. The van der Waals surface area contributed by atoms with Crippen LogP contribution in [0, 0.1) is 13.8 Å². The molecule has 0 aliphatic carbocycles. The van der Waals surface area contributed by atoms with Gasteiger partial charge in [-0.3, -0.25) is 4.79 Å². The second-order valence-corrected chi connectivity index (χ2v) is 7.18. The fourth-order valence-electron chi connectivity index (χ4n) is 3.37. The second-order valence-electron chi connectivity index (χ2n) is 7.18. The molecule has 0 unspecified atom stereocenters. The number of urea groups is 1. The summed E-state index contributed by atoms with van der Waals surface area (Å²) in [4.78, 5) is 34.4. The summed E-state index contributed by atoms with van der Waals surface area (Å²) in [5, 5.41) is 2.89. The molecule has 28 heavy (non-hydrogen) atoms. The maximum atomic E-state index is 12.7. The molecule has 1 aliphatic rings. The molecular weight excluding hydrogens is 352 g/mol. The number of nitrogens with one attached hydrogen (secondary N) is 2. The van der Waals surface area contributed by atoms with E-state index in [0.29, 0.717) is 24.4 Å². The zero-order valence-electron chi connectivity index (χ0n) is 16.0. The van der Waals surface area contributed by atoms with Crippen molar-refractivity contribution >= 4 is 11.7 Å². The third-order valence-corrected chi connectivity index (χ3v) is 4.95. The molecular formula is C22H22N4O2. The Balaban J connectivity index is 1.54. The van der Waals surface area contributed by atoms with Crippen molar-refractivity contribution in [2.75, 3.05) is 11.9 Å². The number of rotatable bonds is 2. The van der Waals surface area contributed by atoms with Crippen LogP contribution in [0.15, 0.2) is 53.3 Å². The number of H-pyrrole nitrogens is 1. The monoisotopic (exact) mass is 374 g/mol. The number of benzene rings is 2. The Bertz CT molecular complexity index is 1090. The molecule has 0 bridgehead atoms. The van der Waals surface area contributed by atoms with E-state index in [0.717, 1.165) is 28.1 Å². The SMILES string of the molecule is Cc1ccc(NC(=O)N2CCc3nc(-c4cccc(C)c4)[nH]c(=O)c3C2)cc1. The molecule has 0 spiro atoms. The van der Waals surface area contributed by atoms with Crippen LogP contribution in [0.4, 0.5) is 10.5 Å². The molecule has 0 fully saturated rings. The van der Waals surface area contributed by atoms with E-state index in [1.165, 1.54) is 0 Å². The molecule has 2 heterocycles. The number of amides is 2. The first-order valence-electron chi connectivity index (χ1n) is 9.31. The maximum Gasteiger partial charge on any atom is 0.322 e. The van der Waals surface area contributed by atoms with Gasteiger partial charge in [0.15, 0.2) is 0 Å².